The molecule has 0 unspecified atom stereocenters. The number of carbonyl (C=O) groups is 4. The Morgan fingerprint density at radius 1 is 0.935 bits per heavy atom. The number of rotatable bonds is 4. The van der Waals surface area contributed by atoms with Gasteiger partial charge in [-0.2, -0.15) is 0 Å². The fourth-order valence-electron chi connectivity index (χ4n) is 3.18. The largest absolute Gasteiger partial charge is 0.478 e. The normalized spacial score (nSPS) is 15.6. The molecule has 4 rings (SSSR count). The predicted octanol–water partition coefficient (Wildman–Crippen LogP) is 3.65. The molecule has 1 aliphatic rings. The monoisotopic (exact) mass is 416 g/mol. The van der Waals surface area contributed by atoms with Crippen molar-refractivity contribution in [1.29, 1.82) is 0 Å². The molecule has 3 aromatic rings. The van der Waals surface area contributed by atoms with Crippen LogP contribution in [0.25, 0.3) is 17.4 Å². The van der Waals surface area contributed by atoms with Gasteiger partial charge >= 0.3 is 12.0 Å². The van der Waals surface area contributed by atoms with Gasteiger partial charge in [0.1, 0.15) is 17.1 Å². The van der Waals surface area contributed by atoms with Crippen LogP contribution in [-0.2, 0) is 9.59 Å². The summed E-state index contributed by atoms with van der Waals surface area (Å²) < 4.78 is 5.71. The maximum absolute atomic E-state index is 13.0. The number of hydrogen-bond acceptors (Lipinski definition) is 5. The van der Waals surface area contributed by atoms with E-state index in [4.69, 9.17) is 9.52 Å². The van der Waals surface area contributed by atoms with Crippen LogP contribution < -0.4 is 4.90 Å². The molecular weight excluding hydrogens is 400 g/mol. The first-order chi connectivity index (χ1) is 14.9. The van der Waals surface area contributed by atoms with Gasteiger partial charge in [-0.1, -0.05) is 30.3 Å². The number of nitrogens with zero attached hydrogens (tertiary/aromatic N) is 2. The van der Waals surface area contributed by atoms with Crippen molar-refractivity contribution >= 4 is 35.6 Å². The van der Waals surface area contributed by atoms with E-state index in [-0.39, 0.29) is 16.9 Å². The zero-order valence-electron chi connectivity index (χ0n) is 16.3. The van der Waals surface area contributed by atoms with Crippen LogP contribution in [0.4, 0.5) is 10.5 Å². The van der Waals surface area contributed by atoms with E-state index in [1.807, 2.05) is 0 Å². The molecule has 154 valence electrons. The first-order valence-corrected chi connectivity index (χ1v) is 9.23. The standard InChI is InChI=1S/C23H16N2O6/c1-24-20(26)18(21(27)25(23(24)30)16-8-3-2-4-9-16)13-17-10-11-19(31-17)14-6-5-7-15(12-14)22(28)29/h2-13H,1H3,(H,28,29)/b18-13-. The second-order valence-electron chi connectivity index (χ2n) is 6.77. The van der Waals surface area contributed by atoms with Crippen molar-refractivity contribution < 1.29 is 28.7 Å². The number of carboxylic acid groups (broad SMARTS) is 1. The summed E-state index contributed by atoms with van der Waals surface area (Å²) in [6.07, 6.45) is 1.27. The number of benzene rings is 2. The third-order valence-electron chi connectivity index (χ3n) is 4.77. The first kappa shape index (κ1) is 19.8. The average molecular weight is 416 g/mol. The number of likely N-dealkylation sites (N-methyl/N-ethyl adjacent to an activating group) is 1. The summed E-state index contributed by atoms with van der Waals surface area (Å²) >= 11 is 0. The topological polar surface area (TPSA) is 108 Å². The number of hydrogen-bond donors (Lipinski definition) is 1. The van der Waals surface area contributed by atoms with Gasteiger partial charge < -0.3 is 9.52 Å². The lowest BCUT2D eigenvalue weighted by atomic mass is 10.1. The van der Waals surface area contributed by atoms with Crippen LogP contribution in [0, 0.1) is 0 Å². The van der Waals surface area contributed by atoms with Crippen LogP contribution in [0.2, 0.25) is 0 Å². The summed E-state index contributed by atoms with van der Waals surface area (Å²) in [6.45, 7) is 0. The molecule has 0 aliphatic carbocycles. The van der Waals surface area contributed by atoms with Gasteiger partial charge in [0.25, 0.3) is 11.8 Å². The van der Waals surface area contributed by atoms with Crippen LogP contribution in [0.1, 0.15) is 16.1 Å². The Kier molecular flexibility index (Phi) is 4.96. The highest BCUT2D eigenvalue weighted by Gasteiger charge is 2.41. The molecule has 1 saturated heterocycles. The summed E-state index contributed by atoms with van der Waals surface area (Å²) in [5.41, 5.74) is 0.744. The molecule has 0 radical (unpaired) electrons. The second-order valence-corrected chi connectivity index (χ2v) is 6.77. The maximum Gasteiger partial charge on any atom is 0.338 e. The Balaban J connectivity index is 1.70. The molecule has 1 fully saturated rings. The number of para-hydroxylation sites is 1. The van der Waals surface area contributed by atoms with E-state index >= 15 is 0 Å². The van der Waals surface area contributed by atoms with E-state index in [1.54, 1.807) is 54.6 Å². The van der Waals surface area contributed by atoms with Gasteiger partial charge in [-0.05, 0) is 42.5 Å². The van der Waals surface area contributed by atoms with Gasteiger partial charge in [-0.3, -0.25) is 14.5 Å². The molecule has 4 amide bonds. The molecule has 2 aromatic carbocycles. The first-order valence-electron chi connectivity index (χ1n) is 9.23. The lowest BCUT2D eigenvalue weighted by Crippen LogP contribution is -2.55. The summed E-state index contributed by atoms with van der Waals surface area (Å²) in [6, 6.07) is 16.9. The number of carbonyl (C=O) groups excluding carboxylic acids is 3. The third-order valence-corrected chi connectivity index (χ3v) is 4.77. The number of anilines is 1. The third kappa shape index (κ3) is 3.62. The predicted molar refractivity (Wildman–Crippen MR) is 111 cm³/mol. The molecule has 0 spiro atoms. The van der Waals surface area contributed by atoms with Crippen molar-refractivity contribution in [3.63, 3.8) is 0 Å². The maximum atomic E-state index is 13.0. The number of aromatic carboxylic acids is 1. The molecule has 0 bridgehead atoms. The summed E-state index contributed by atoms with van der Waals surface area (Å²) in [7, 11) is 1.30. The molecule has 1 N–H and O–H groups in total. The van der Waals surface area contributed by atoms with E-state index in [9.17, 15) is 19.2 Å². The molecule has 1 aliphatic heterocycles. The molecule has 0 atom stereocenters. The van der Waals surface area contributed by atoms with Gasteiger partial charge in [0.05, 0.1) is 11.3 Å². The van der Waals surface area contributed by atoms with Crippen LogP contribution in [-0.4, -0.2) is 40.9 Å². The van der Waals surface area contributed by atoms with Gasteiger partial charge in [0.2, 0.25) is 0 Å². The quantitative estimate of drug-likeness (QED) is 0.514. The molecule has 8 heteroatoms. The molecule has 31 heavy (non-hydrogen) atoms. The molecule has 2 heterocycles. The highest BCUT2D eigenvalue weighted by Crippen LogP contribution is 2.28. The van der Waals surface area contributed by atoms with Gasteiger partial charge in [0, 0.05) is 12.6 Å². The van der Waals surface area contributed by atoms with Crippen LogP contribution in [0.3, 0.4) is 0 Å². The average Bonchev–Trinajstić information content (AvgIpc) is 3.25. The number of carboxylic acids is 1. The van der Waals surface area contributed by atoms with E-state index in [1.165, 1.54) is 25.3 Å². The van der Waals surface area contributed by atoms with Gasteiger partial charge in [-0.25, -0.2) is 14.5 Å². The van der Waals surface area contributed by atoms with Crippen molar-refractivity contribution in [2.24, 2.45) is 0 Å². The number of barbiturate groups is 1. The number of furan rings is 1. The zero-order valence-corrected chi connectivity index (χ0v) is 16.3. The Bertz CT molecular complexity index is 1240. The van der Waals surface area contributed by atoms with Crippen molar-refractivity contribution in [2.45, 2.75) is 0 Å². The molecular formula is C23H16N2O6. The molecule has 0 saturated carbocycles. The van der Waals surface area contributed by atoms with E-state index in [0.717, 1.165) is 9.80 Å². The lowest BCUT2D eigenvalue weighted by Gasteiger charge is -2.31. The zero-order chi connectivity index (χ0) is 22.1. The fourth-order valence-corrected chi connectivity index (χ4v) is 3.18. The minimum atomic E-state index is -1.07. The fraction of sp³-hybridized carbons (Fsp3) is 0.0435. The molecule has 1 aromatic heterocycles. The smallest absolute Gasteiger partial charge is 0.338 e. The highest BCUT2D eigenvalue weighted by molar-refractivity contribution is 6.38. The van der Waals surface area contributed by atoms with Crippen LogP contribution in [0.5, 0.6) is 0 Å². The van der Waals surface area contributed by atoms with Crippen molar-refractivity contribution in [1.82, 2.24) is 4.90 Å². The summed E-state index contributed by atoms with van der Waals surface area (Å²) in [5, 5.41) is 9.15. The Hall–Kier alpha value is -4.46. The highest BCUT2D eigenvalue weighted by atomic mass is 16.4. The SMILES string of the molecule is CN1C(=O)/C(=C/c2ccc(-c3cccc(C(=O)O)c3)o2)C(=O)N(c2ccccc2)C1=O. The Morgan fingerprint density at radius 2 is 1.68 bits per heavy atom. The number of amides is 4. The molecule has 8 nitrogen and oxygen atoms in total. The van der Waals surface area contributed by atoms with E-state index in [2.05, 4.69) is 0 Å². The van der Waals surface area contributed by atoms with Crippen molar-refractivity contribution in [3.05, 3.63) is 83.6 Å². The minimum Gasteiger partial charge on any atom is -0.478 e. The van der Waals surface area contributed by atoms with E-state index in [0.29, 0.717) is 17.0 Å². The van der Waals surface area contributed by atoms with Gasteiger partial charge in [0.15, 0.2) is 0 Å². The number of urea groups is 1. The Labute approximate surface area is 176 Å². The summed E-state index contributed by atoms with van der Waals surface area (Å²) in [4.78, 5) is 51.1. The van der Waals surface area contributed by atoms with Crippen molar-refractivity contribution in [3.8, 4) is 11.3 Å². The van der Waals surface area contributed by atoms with E-state index < -0.39 is 23.8 Å². The second kappa shape index (κ2) is 7.75. The number of imide groups is 2. The van der Waals surface area contributed by atoms with Crippen LogP contribution in [0.15, 0.2) is 76.7 Å². The Morgan fingerprint density at radius 3 is 2.39 bits per heavy atom. The van der Waals surface area contributed by atoms with Crippen LogP contribution >= 0.6 is 0 Å². The van der Waals surface area contributed by atoms with Gasteiger partial charge in [-0.15, -0.1) is 0 Å². The van der Waals surface area contributed by atoms with Crippen molar-refractivity contribution in [2.75, 3.05) is 11.9 Å². The minimum absolute atomic E-state index is 0.102. The lowest BCUT2D eigenvalue weighted by molar-refractivity contribution is -0.128. The summed E-state index contributed by atoms with van der Waals surface area (Å²) in [5.74, 6) is -1.99.